The van der Waals surface area contributed by atoms with Crippen molar-refractivity contribution in [2.75, 3.05) is 6.54 Å². The molecule has 0 bridgehead atoms. The maximum absolute atomic E-state index is 12.2. The molecule has 2 heterocycles. The van der Waals surface area contributed by atoms with E-state index in [0.717, 1.165) is 13.0 Å². The summed E-state index contributed by atoms with van der Waals surface area (Å²) in [6.45, 7) is 9.40. The first-order chi connectivity index (χ1) is 8.38. The number of amides is 1. The number of hydrogen-bond donors (Lipinski definition) is 1. The summed E-state index contributed by atoms with van der Waals surface area (Å²) >= 11 is 1.68. The molecular weight excluding hydrogens is 244 g/mol. The van der Waals surface area contributed by atoms with Gasteiger partial charge in [0.25, 0.3) is 0 Å². The van der Waals surface area contributed by atoms with Gasteiger partial charge in [0.1, 0.15) is 6.17 Å². The zero-order valence-corrected chi connectivity index (χ0v) is 12.4. The first kappa shape index (κ1) is 13.6. The molecule has 2 unspecified atom stereocenters. The second-order valence-electron chi connectivity index (χ2n) is 6.19. The van der Waals surface area contributed by atoms with Gasteiger partial charge in [0.15, 0.2) is 0 Å². The second-order valence-corrected chi connectivity index (χ2v) is 6.97. The second kappa shape index (κ2) is 5.02. The minimum absolute atomic E-state index is 0.0566. The molecule has 1 aromatic heterocycles. The van der Waals surface area contributed by atoms with Gasteiger partial charge in [-0.15, -0.1) is 0 Å². The van der Waals surface area contributed by atoms with Crippen LogP contribution in [0.15, 0.2) is 16.8 Å². The van der Waals surface area contributed by atoms with Crippen LogP contribution in [-0.4, -0.2) is 23.4 Å². The Kier molecular flexibility index (Phi) is 3.78. The SMILES string of the molecule is CC1NC(c2ccsc2)N(CCC(C)(C)C)C1=O. The third-order valence-electron chi connectivity index (χ3n) is 3.33. The molecule has 0 radical (unpaired) electrons. The quantitative estimate of drug-likeness (QED) is 0.912. The average molecular weight is 266 g/mol. The van der Waals surface area contributed by atoms with E-state index in [-0.39, 0.29) is 23.5 Å². The average Bonchev–Trinajstić information content (AvgIpc) is 2.85. The molecule has 1 aliphatic rings. The molecule has 100 valence electrons. The van der Waals surface area contributed by atoms with E-state index in [0.29, 0.717) is 0 Å². The van der Waals surface area contributed by atoms with Gasteiger partial charge in [-0.1, -0.05) is 20.8 Å². The van der Waals surface area contributed by atoms with Crippen molar-refractivity contribution in [3.05, 3.63) is 22.4 Å². The van der Waals surface area contributed by atoms with Crippen LogP contribution >= 0.6 is 11.3 Å². The highest BCUT2D eigenvalue weighted by molar-refractivity contribution is 7.07. The molecule has 2 rings (SSSR count). The highest BCUT2D eigenvalue weighted by Crippen LogP contribution is 2.29. The van der Waals surface area contributed by atoms with Crippen molar-refractivity contribution in [1.82, 2.24) is 10.2 Å². The van der Waals surface area contributed by atoms with Crippen LogP contribution in [0.3, 0.4) is 0 Å². The Morgan fingerprint density at radius 3 is 2.72 bits per heavy atom. The van der Waals surface area contributed by atoms with Crippen molar-refractivity contribution in [2.45, 2.75) is 46.3 Å². The van der Waals surface area contributed by atoms with E-state index in [2.05, 4.69) is 42.9 Å². The number of rotatable bonds is 3. The Morgan fingerprint density at radius 2 is 2.17 bits per heavy atom. The number of nitrogens with zero attached hydrogens (tertiary/aromatic N) is 1. The fraction of sp³-hybridized carbons (Fsp3) is 0.643. The molecule has 1 N–H and O–H groups in total. The Bertz CT molecular complexity index is 408. The van der Waals surface area contributed by atoms with Crippen molar-refractivity contribution < 1.29 is 4.79 Å². The van der Waals surface area contributed by atoms with Gasteiger partial charge >= 0.3 is 0 Å². The Balaban J connectivity index is 2.11. The van der Waals surface area contributed by atoms with Gasteiger partial charge in [-0.3, -0.25) is 10.1 Å². The zero-order chi connectivity index (χ0) is 13.3. The molecule has 1 saturated heterocycles. The Morgan fingerprint density at radius 1 is 1.44 bits per heavy atom. The number of carbonyl (C=O) groups is 1. The lowest BCUT2D eigenvalue weighted by molar-refractivity contribution is -0.130. The van der Waals surface area contributed by atoms with Crippen molar-refractivity contribution in [3.8, 4) is 0 Å². The van der Waals surface area contributed by atoms with E-state index >= 15 is 0 Å². The largest absolute Gasteiger partial charge is 0.322 e. The maximum atomic E-state index is 12.2. The van der Waals surface area contributed by atoms with E-state index in [1.54, 1.807) is 11.3 Å². The summed E-state index contributed by atoms with van der Waals surface area (Å²) in [6, 6.07) is 2.02. The standard InChI is InChI=1S/C14H22N2OS/c1-10-13(17)16(7-6-14(2,3)4)12(15-10)11-5-8-18-9-11/h5,8-10,12,15H,6-7H2,1-4H3. The summed E-state index contributed by atoms with van der Waals surface area (Å²) in [5.41, 5.74) is 1.46. The molecule has 2 atom stereocenters. The van der Waals surface area contributed by atoms with Crippen LogP contribution in [0.4, 0.5) is 0 Å². The highest BCUT2D eigenvalue weighted by atomic mass is 32.1. The molecular formula is C14H22N2OS. The first-order valence-electron chi connectivity index (χ1n) is 6.47. The zero-order valence-electron chi connectivity index (χ0n) is 11.6. The van der Waals surface area contributed by atoms with Crippen molar-refractivity contribution in [2.24, 2.45) is 5.41 Å². The van der Waals surface area contributed by atoms with Gasteiger partial charge in [-0.05, 0) is 41.1 Å². The van der Waals surface area contributed by atoms with Crippen LogP contribution in [0.1, 0.15) is 45.8 Å². The lowest BCUT2D eigenvalue weighted by atomic mass is 9.92. The number of nitrogens with one attached hydrogen (secondary N) is 1. The van der Waals surface area contributed by atoms with Crippen LogP contribution < -0.4 is 5.32 Å². The van der Waals surface area contributed by atoms with Gasteiger partial charge in [0.05, 0.1) is 6.04 Å². The van der Waals surface area contributed by atoms with Crippen molar-refractivity contribution in [3.63, 3.8) is 0 Å². The van der Waals surface area contributed by atoms with Crippen molar-refractivity contribution >= 4 is 17.2 Å². The summed E-state index contributed by atoms with van der Waals surface area (Å²) in [7, 11) is 0. The van der Waals surface area contributed by atoms with Gasteiger partial charge in [-0.2, -0.15) is 11.3 Å². The molecule has 0 aromatic carbocycles. The third-order valence-corrected chi connectivity index (χ3v) is 4.04. The summed E-state index contributed by atoms with van der Waals surface area (Å²) in [6.07, 6.45) is 1.08. The fourth-order valence-corrected chi connectivity index (χ4v) is 2.85. The Hall–Kier alpha value is -0.870. The van der Waals surface area contributed by atoms with E-state index in [1.807, 2.05) is 11.8 Å². The summed E-state index contributed by atoms with van der Waals surface area (Å²) in [5.74, 6) is 0.218. The molecule has 4 heteroatoms. The summed E-state index contributed by atoms with van der Waals surface area (Å²) < 4.78 is 0. The van der Waals surface area contributed by atoms with Gasteiger partial charge in [0.2, 0.25) is 5.91 Å². The molecule has 1 amide bonds. The van der Waals surface area contributed by atoms with Crippen molar-refractivity contribution in [1.29, 1.82) is 0 Å². The molecule has 1 aliphatic heterocycles. The topological polar surface area (TPSA) is 32.3 Å². The van der Waals surface area contributed by atoms with E-state index < -0.39 is 0 Å². The fourth-order valence-electron chi connectivity index (χ4n) is 2.18. The third kappa shape index (κ3) is 2.93. The molecule has 0 aliphatic carbocycles. The lowest BCUT2D eigenvalue weighted by Crippen LogP contribution is -2.33. The number of carbonyl (C=O) groups excluding carboxylic acids is 1. The molecule has 1 aromatic rings. The summed E-state index contributed by atoms with van der Waals surface area (Å²) in [5, 5.41) is 7.56. The maximum Gasteiger partial charge on any atom is 0.241 e. The van der Waals surface area contributed by atoms with Gasteiger partial charge in [0, 0.05) is 6.54 Å². The smallest absolute Gasteiger partial charge is 0.241 e. The number of hydrogen-bond acceptors (Lipinski definition) is 3. The van der Waals surface area contributed by atoms with Crippen LogP contribution in [0.2, 0.25) is 0 Å². The van der Waals surface area contributed by atoms with Gasteiger partial charge in [-0.25, -0.2) is 0 Å². The molecule has 0 spiro atoms. The highest BCUT2D eigenvalue weighted by Gasteiger charge is 2.37. The Labute approximate surface area is 113 Å². The van der Waals surface area contributed by atoms with Crippen LogP contribution in [0.25, 0.3) is 0 Å². The van der Waals surface area contributed by atoms with E-state index in [9.17, 15) is 4.79 Å². The van der Waals surface area contributed by atoms with Crippen LogP contribution in [-0.2, 0) is 4.79 Å². The van der Waals surface area contributed by atoms with Gasteiger partial charge < -0.3 is 4.90 Å². The van der Waals surface area contributed by atoms with Crippen LogP contribution in [0.5, 0.6) is 0 Å². The molecule has 3 nitrogen and oxygen atoms in total. The van der Waals surface area contributed by atoms with E-state index in [4.69, 9.17) is 0 Å². The number of thiophene rings is 1. The lowest BCUT2D eigenvalue weighted by Gasteiger charge is -2.27. The first-order valence-corrected chi connectivity index (χ1v) is 7.41. The molecule has 1 fully saturated rings. The monoisotopic (exact) mass is 266 g/mol. The minimum atomic E-state index is -0.0742. The predicted octanol–water partition coefficient (Wildman–Crippen LogP) is 3.00. The summed E-state index contributed by atoms with van der Waals surface area (Å²) in [4.78, 5) is 14.2. The van der Waals surface area contributed by atoms with Crippen LogP contribution in [0, 0.1) is 5.41 Å². The predicted molar refractivity (Wildman–Crippen MR) is 75.4 cm³/mol. The minimum Gasteiger partial charge on any atom is -0.322 e. The van der Waals surface area contributed by atoms with E-state index in [1.165, 1.54) is 5.56 Å². The normalized spacial score (nSPS) is 24.9. The molecule has 0 saturated carbocycles. The molecule has 18 heavy (non-hydrogen) atoms.